The Balaban J connectivity index is 1.37. The van der Waals surface area contributed by atoms with Gasteiger partial charge in [0.2, 0.25) is 17.6 Å². The highest BCUT2D eigenvalue weighted by Crippen LogP contribution is 2.52. The number of rotatable bonds is 7. The second-order valence-corrected chi connectivity index (χ2v) is 8.66. The zero-order valence-corrected chi connectivity index (χ0v) is 18.5. The summed E-state index contributed by atoms with van der Waals surface area (Å²) in [6, 6.07) is 3.33. The summed E-state index contributed by atoms with van der Waals surface area (Å²) >= 11 is 0. The predicted molar refractivity (Wildman–Crippen MR) is 114 cm³/mol. The fourth-order valence-corrected chi connectivity index (χ4v) is 5.45. The maximum atomic E-state index is 13.4. The van der Waals surface area contributed by atoms with Crippen molar-refractivity contribution in [2.75, 3.05) is 46.3 Å². The Morgan fingerprint density at radius 3 is 2.59 bits per heavy atom. The molecule has 2 bridgehead atoms. The van der Waals surface area contributed by atoms with Crippen molar-refractivity contribution >= 4 is 17.5 Å². The molecule has 0 aromatic heterocycles. The first-order valence-corrected chi connectivity index (χ1v) is 10.9. The maximum Gasteiger partial charge on any atom is 0.231 e. The average molecular weight is 444 g/mol. The first kappa shape index (κ1) is 21.1. The van der Waals surface area contributed by atoms with E-state index < -0.39 is 23.5 Å². The Morgan fingerprint density at radius 1 is 1.22 bits per heavy atom. The van der Waals surface area contributed by atoms with Crippen LogP contribution in [0, 0.1) is 11.8 Å². The van der Waals surface area contributed by atoms with Crippen LogP contribution in [0.25, 0.3) is 0 Å². The molecule has 1 aromatic carbocycles. The van der Waals surface area contributed by atoms with Crippen LogP contribution < -0.4 is 19.5 Å². The molecule has 4 aliphatic rings. The van der Waals surface area contributed by atoms with Gasteiger partial charge in [0.25, 0.3) is 0 Å². The quantitative estimate of drug-likeness (QED) is 0.639. The van der Waals surface area contributed by atoms with E-state index in [9.17, 15) is 9.59 Å². The SMILES string of the molecule is COc1cc(NC(=O)[C@H]2[C@@H]3C=C[C@@]4(CN(C[C@H]5CCCO5)C(=O)[C@@H]24)O3)cc(OC)c1OC. The second kappa shape index (κ2) is 7.97. The third kappa shape index (κ3) is 3.22. The van der Waals surface area contributed by atoms with Crippen LogP contribution in [0.15, 0.2) is 24.3 Å². The number of fused-ring (bicyclic) bond motifs is 1. The minimum absolute atomic E-state index is 0.0441. The molecular weight excluding hydrogens is 416 g/mol. The molecule has 1 aromatic rings. The van der Waals surface area contributed by atoms with Gasteiger partial charge in [-0.2, -0.15) is 0 Å². The van der Waals surface area contributed by atoms with E-state index in [0.29, 0.717) is 36.0 Å². The van der Waals surface area contributed by atoms with Gasteiger partial charge in [-0.1, -0.05) is 12.2 Å². The fraction of sp³-hybridized carbons (Fsp3) is 0.565. The number of nitrogens with one attached hydrogen (secondary N) is 1. The summed E-state index contributed by atoms with van der Waals surface area (Å²) in [5, 5.41) is 2.92. The summed E-state index contributed by atoms with van der Waals surface area (Å²) in [6.07, 6.45) is 5.46. The minimum atomic E-state index is -0.738. The average Bonchev–Trinajstić information content (AvgIpc) is 3.56. The summed E-state index contributed by atoms with van der Waals surface area (Å²) in [6.45, 7) is 1.73. The molecule has 0 aliphatic carbocycles. The number of nitrogens with zero attached hydrogens (tertiary/aromatic N) is 1. The molecule has 1 N–H and O–H groups in total. The molecule has 0 saturated carbocycles. The molecule has 9 nitrogen and oxygen atoms in total. The molecule has 0 unspecified atom stereocenters. The van der Waals surface area contributed by atoms with Crippen molar-refractivity contribution in [1.82, 2.24) is 4.90 Å². The highest BCUT2D eigenvalue weighted by Gasteiger charge is 2.66. The highest BCUT2D eigenvalue weighted by molar-refractivity contribution is 5.99. The van der Waals surface area contributed by atoms with E-state index in [-0.39, 0.29) is 17.9 Å². The first-order chi connectivity index (χ1) is 15.5. The van der Waals surface area contributed by atoms with Gasteiger partial charge in [-0.15, -0.1) is 0 Å². The number of benzene rings is 1. The van der Waals surface area contributed by atoms with Crippen LogP contribution in [-0.4, -0.2) is 75.5 Å². The Kier molecular flexibility index (Phi) is 5.25. The molecule has 5 atom stereocenters. The third-order valence-corrected chi connectivity index (χ3v) is 6.86. The van der Waals surface area contributed by atoms with Gasteiger partial charge < -0.3 is 33.9 Å². The number of hydrogen-bond acceptors (Lipinski definition) is 7. The summed E-state index contributed by atoms with van der Waals surface area (Å²) in [4.78, 5) is 28.5. The van der Waals surface area contributed by atoms with Crippen LogP contribution in [0.4, 0.5) is 5.69 Å². The topological polar surface area (TPSA) is 95.6 Å². The van der Waals surface area contributed by atoms with Gasteiger partial charge in [0.15, 0.2) is 11.5 Å². The normalized spacial score (nSPS) is 32.3. The molecule has 0 radical (unpaired) electrons. The fourth-order valence-electron chi connectivity index (χ4n) is 5.45. The van der Waals surface area contributed by atoms with Crippen molar-refractivity contribution in [1.29, 1.82) is 0 Å². The van der Waals surface area contributed by atoms with E-state index in [0.717, 1.165) is 19.4 Å². The van der Waals surface area contributed by atoms with Gasteiger partial charge in [0.1, 0.15) is 5.60 Å². The van der Waals surface area contributed by atoms with E-state index in [1.807, 2.05) is 12.2 Å². The summed E-state index contributed by atoms with van der Waals surface area (Å²) in [5.41, 5.74) is -0.246. The molecule has 4 heterocycles. The Labute approximate surface area is 186 Å². The Hall–Kier alpha value is -2.78. The smallest absolute Gasteiger partial charge is 0.231 e. The number of methoxy groups -OCH3 is 3. The summed E-state index contributed by atoms with van der Waals surface area (Å²) in [5.74, 6) is -0.161. The number of hydrogen-bond donors (Lipinski definition) is 1. The van der Waals surface area contributed by atoms with Crippen LogP contribution in [0.3, 0.4) is 0 Å². The molecule has 2 amide bonds. The van der Waals surface area contributed by atoms with E-state index in [1.54, 1.807) is 17.0 Å². The molecule has 3 fully saturated rings. The third-order valence-electron chi connectivity index (χ3n) is 6.86. The molecule has 172 valence electrons. The van der Waals surface area contributed by atoms with Crippen LogP contribution >= 0.6 is 0 Å². The first-order valence-electron chi connectivity index (χ1n) is 10.9. The molecule has 3 saturated heterocycles. The number of ether oxygens (including phenoxy) is 5. The number of likely N-dealkylation sites (tertiary alicyclic amines) is 1. The second-order valence-electron chi connectivity index (χ2n) is 8.66. The lowest BCUT2D eigenvalue weighted by molar-refractivity contribution is -0.136. The maximum absolute atomic E-state index is 13.4. The molecule has 9 heteroatoms. The molecule has 1 spiro atoms. The van der Waals surface area contributed by atoms with E-state index in [1.165, 1.54) is 21.3 Å². The lowest BCUT2D eigenvalue weighted by Crippen LogP contribution is -2.42. The molecule has 5 rings (SSSR count). The molecular formula is C23H28N2O7. The lowest BCUT2D eigenvalue weighted by atomic mass is 9.77. The van der Waals surface area contributed by atoms with Gasteiger partial charge in [0, 0.05) is 31.0 Å². The van der Waals surface area contributed by atoms with E-state index in [4.69, 9.17) is 23.7 Å². The monoisotopic (exact) mass is 444 g/mol. The number of anilines is 1. The van der Waals surface area contributed by atoms with Gasteiger partial charge in [-0.05, 0) is 12.8 Å². The van der Waals surface area contributed by atoms with Crippen molar-refractivity contribution in [3.05, 3.63) is 24.3 Å². The van der Waals surface area contributed by atoms with Crippen LogP contribution in [0.5, 0.6) is 17.2 Å². The zero-order chi connectivity index (χ0) is 22.5. The Morgan fingerprint density at radius 2 is 1.97 bits per heavy atom. The molecule has 4 aliphatic heterocycles. The molecule has 32 heavy (non-hydrogen) atoms. The van der Waals surface area contributed by atoms with Gasteiger partial charge >= 0.3 is 0 Å². The number of carbonyl (C=O) groups excluding carboxylic acids is 2. The highest BCUT2D eigenvalue weighted by atomic mass is 16.5. The number of carbonyl (C=O) groups is 2. The van der Waals surface area contributed by atoms with Crippen LogP contribution in [0.2, 0.25) is 0 Å². The largest absolute Gasteiger partial charge is 0.493 e. The van der Waals surface area contributed by atoms with Crippen molar-refractivity contribution in [2.45, 2.75) is 30.7 Å². The lowest BCUT2D eigenvalue weighted by Gasteiger charge is -2.24. The summed E-state index contributed by atoms with van der Waals surface area (Å²) < 4.78 is 28.0. The van der Waals surface area contributed by atoms with Gasteiger partial charge in [0.05, 0.1) is 51.9 Å². The van der Waals surface area contributed by atoms with E-state index >= 15 is 0 Å². The van der Waals surface area contributed by atoms with Crippen molar-refractivity contribution in [3.63, 3.8) is 0 Å². The standard InChI is InChI=1S/C23H28N2O7/c1-28-16-9-13(10-17(29-2)20(16)30-3)24-21(26)18-15-6-7-23(32-15)12-25(22(27)19(18)23)11-14-5-4-8-31-14/h6-7,9-10,14-15,18-19H,4-5,8,11-12H2,1-3H3,(H,24,26)/t14-,15+,18+,19-,23+/m1/s1. The van der Waals surface area contributed by atoms with E-state index in [2.05, 4.69) is 5.32 Å². The van der Waals surface area contributed by atoms with Crippen LogP contribution in [-0.2, 0) is 19.1 Å². The van der Waals surface area contributed by atoms with Gasteiger partial charge in [-0.3, -0.25) is 9.59 Å². The minimum Gasteiger partial charge on any atom is -0.493 e. The van der Waals surface area contributed by atoms with Crippen molar-refractivity contribution in [3.8, 4) is 17.2 Å². The van der Waals surface area contributed by atoms with Gasteiger partial charge in [-0.25, -0.2) is 0 Å². The predicted octanol–water partition coefficient (Wildman–Crippen LogP) is 1.61. The Bertz CT molecular complexity index is 933. The van der Waals surface area contributed by atoms with Crippen molar-refractivity contribution in [2.24, 2.45) is 11.8 Å². The summed E-state index contributed by atoms with van der Waals surface area (Å²) in [7, 11) is 4.55. The van der Waals surface area contributed by atoms with Crippen LogP contribution in [0.1, 0.15) is 12.8 Å². The number of amides is 2. The zero-order valence-electron chi connectivity index (χ0n) is 18.5. The van der Waals surface area contributed by atoms with Crippen molar-refractivity contribution < 1.29 is 33.3 Å².